The lowest BCUT2D eigenvalue weighted by atomic mass is 10.1. The first kappa shape index (κ1) is 23.7. The molecular weight excluding hydrogens is 459 g/mol. The summed E-state index contributed by atoms with van der Waals surface area (Å²) in [6.45, 7) is 4.76. The lowest BCUT2D eigenvalue weighted by Gasteiger charge is -2.33. The van der Waals surface area contributed by atoms with Crippen LogP contribution < -0.4 is 10.6 Å². The van der Waals surface area contributed by atoms with Gasteiger partial charge in [-0.15, -0.1) is 11.8 Å². The zero-order valence-electron chi connectivity index (χ0n) is 17.9. The SMILES string of the molecule is Cc1ccc(C(CNC(=O)CC2Sc3ccc(C(F)(F)F)cc3NC2=O)N2CCOCC2)o1. The summed E-state index contributed by atoms with van der Waals surface area (Å²) in [7, 11) is 0. The topological polar surface area (TPSA) is 83.8 Å². The van der Waals surface area contributed by atoms with Crippen molar-refractivity contribution < 1.29 is 31.9 Å². The zero-order chi connectivity index (χ0) is 23.6. The maximum Gasteiger partial charge on any atom is 0.416 e. The van der Waals surface area contributed by atoms with Gasteiger partial charge in [0.25, 0.3) is 0 Å². The summed E-state index contributed by atoms with van der Waals surface area (Å²) in [4.78, 5) is 27.8. The molecule has 2 N–H and O–H groups in total. The largest absolute Gasteiger partial charge is 0.465 e. The number of anilines is 1. The van der Waals surface area contributed by atoms with Gasteiger partial charge in [0, 0.05) is 31.0 Å². The molecule has 1 aromatic carbocycles. The van der Waals surface area contributed by atoms with Crippen LogP contribution in [0.5, 0.6) is 0 Å². The first-order valence-corrected chi connectivity index (χ1v) is 11.4. The molecule has 7 nitrogen and oxygen atoms in total. The maximum atomic E-state index is 12.9. The Hall–Kier alpha value is -2.50. The van der Waals surface area contributed by atoms with Crippen LogP contribution in [0.3, 0.4) is 0 Å². The van der Waals surface area contributed by atoms with Crippen LogP contribution in [-0.4, -0.2) is 54.8 Å². The Morgan fingerprint density at radius 3 is 2.70 bits per heavy atom. The van der Waals surface area contributed by atoms with E-state index in [1.54, 1.807) is 0 Å². The van der Waals surface area contributed by atoms with Crippen molar-refractivity contribution in [1.82, 2.24) is 10.2 Å². The van der Waals surface area contributed by atoms with Crippen molar-refractivity contribution in [2.75, 3.05) is 38.2 Å². The van der Waals surface area contributed by atoms with E-state index in [4.69, 9.17) is 9.15 Å². The van der Waals surface area contributed by atoms with Gasteiger partial charge in [-0.1, -0.05) is 0 Å². The van der Waals surface area contributed by atoms with Gasteiger partial charge in [0.1, 0.15) is 11.5 Å². The summed E-state index contributed by atoms with van der Waals surface area (Å²) < 4.78 is 50.0. The Morgan fingerprint density at radius 1 is 1.27 bits per heavy atom. The molecule has 1 aromatic heterocycles. The van der Waals surface area contributed by atoms with E-state index in [2.05, 4.69) is 15.5 Å². The van der Waals surface area contributed by atoms with E-state index in [1.807, 2.05) is 19.1 Å². The minimum Gasteiger partial charge on any atom is -0.465 e. The average molecular weight is 484 g/mol. The minimum atomic E-state index is -4.50. The summed E-state index contributed by atoms with van der Waals surface area (Å²) in [5.41, 5.74) is -0.724. The molecule has 11 heteroatoms. The maximum absolute atomic E-state index is 12.9. The van der Waals surface area contributed by atoms with Gasteiger partial charge in [-0.05, 0) is 37.3 Å². The van der Waals surface area contributed by atoms with E-state index in [0.29, 0.717) is 37.7 Å². The molecule has 0 saturated carbocycles. The fraction of sp³-hybridized carbons (Fsp3) is 0.455. The fourth-order valence-corrected chi connectivity index (χ4v) is 4.93. The number of aryl methyl sites for hydroxylation is 1. The van der Waals surface area contributed by atoms with Crippen LogP contribution in [-0.2, 0) is 20.5 Å². The average Bonchev–Trinajstić information content (AvgIpc) is 3.20. The van der Waals surface area contributed by atoms with Crippen molar-refractivity contribution in [1.29, 1.82) is 0 Å². The summed E-state index contributed by atoms with van der Waals surface area (Å²) in [6.07, 6.45) is -4.59. The van der Waals surface area contributed by atoms with Gasteiger partial charge in [-0.2, -0.15) is 13.2 Å². The third kappa shape index (κ3) is 5.71. The summed E-state index contributed by atoms with van der Waals surface area (Å²) in [5.74, 6) is 0.707. The summed E-state index contributed by atoms with van der Waals surface area (Å²) in [5, 5.41) is 4.65. The Morgan fingerprint density at radius 2 is 2.03 bits per heavy atom. The molecule has 0 radical (unpaired) electrons. The highest BCUT2D eigenvalue weighted by Crippen LogP contribution is 2.40. The molecule has 1 fully saturated rings. The normalized spacial score (nSPS) is 20.1. The summed E-state index contributed by atoms with van der Waals surface area (Å²) >= 11 is 1.09. The lowest BCUT2D eigenvalue weighted by molar-refractivity contribution is -0.137. The van der Waals surface area contributed by atoms with Crippen LogP contribution in [0.15, 0.2) is 39.6 Å². The standard InChI is InChI=1S/C22H24F3N3O4S/c1-13-2-4-17(32-13)16(28-6-8-31-9-7-28)12-26-20(29)11-19-21(30)27-15-10-14(22(23,24)25)3-5-18(15)33-19/h2-5,10,16,19H,6-9,11-12H2,1H3,(H,26,29)(H,27,30). The van der Waals surface area contributed by atoms with Gasteiger partial charge in [0.2, 0.25) is 11.8 Å². The Kier molecular flexibility index (Phi) is 7.01. The van der Waals surface area contributed by atoms with E-state index in [1.165, 1.54) is 6.07 Å². The van der Waals surface area contributed by atoms with Crippen LogP contribution in [0.2, 0.25) is 0 Å². The number of fused-ring (bicyclic) bond motifs is 1. The number of nitrogens with zero attached hydrogens (tertiary/aromatic N) is 1. The minimum absolute atomic E-state index is 0.0933. The number of rotatable bonds is 6. The van der Waals surface area contributed by atoms with Crippen molar-refractivity contribution in [3.8, 4) is 0 Å². The highest BCUT2D eigenvalue weighted by molar-refractivity contribution is 8.01. The quantitative estimate of drug-likeness (QED) is 0.653. The van der Waals surface area contributed by atoms with Crippen molar-refractivity contribution in [3.63, 3.8) is 0 Å². The summed E-state index contributed by atoms with van der Waals surface area (Å²) in [6, 6.07) is 6.79. The predicted octanol–water partition coefficient (Wildman–Crippen LogP) is 3.60. The Balaban J connectivity index is 1.38. The number of hydrogen-bond donors (Lipinski definition) is 2. The number of carbonyl (C=O) groups excluding carboxylic acids is 2. The van der Waals surface area contributed by atoms with E-state index < -0.39 is 22.9 Å². The van der Waals surface area contributed by atoms with Gasteiger partial charge in [0.05, 0.1) is 35.8 Å². The number of nitrogens with one attached hydrogen (secondary N) is 2. The first-order chi connectivity index (χ1) is 15.7. The molecule has 0 bridgehead atoms. The number of benzene rings is 1. The molecule has 2 amide bonds. The Labute approximate surface area is 193 Å². The predicted molar refractivity (Wildman–Crippen MR) is 116 cm³/mol. The highest BCUT2D eigenvalue weighted by Gasteiger charge is 2.34. The van der Waals surface area contributed by atoms with Crippen molar-refractivity contribution in [2.24, 2.45) is 0 Å². The number of alkyl halides is 3. The van der Waals surface area contributed by atoms with E-state index in [-0.39, 0.29) is 24.1 Å². The third-order valence-corrected chi connectivity index (χ3v) is 6.84. The third-order valence-electron chi connectivity index (χ3n) is 5.57. The monoisotopic (exact) mass is 483 g/mol. The molecule has 0 spiro atoms. The van der Waals surface area contributed by atoms with Gasteiger partial charge in [-0.3, -0.25) is 14.5 Å². The van der Waals surface area contributed by atoms with Crippen LogP contribution in [0.1, 0.15) is 29.5 Å². The van der Waals surface area contributed by atoms with Gasteiger partial charge < -0.3 is 19.8 Å². The Bertz CT molecular complexity index is 1020. The smallest absolute Gasteiger partial charge is 0.416 e. The molecule has 2 aromatic rings. The number of morpholine rings is 1. The van der Waals surface area contributed by atoms with Crippen molar-refractivity contribution in [2.45, 2.75) is 35.7 Å². The molecule has 1 saturated heterocycles. The molecular formula is C22H24F3N3O4S. The van der Waals surface area contributed by atoms with Crippen LogP contribution in [0.25, 0.3) is 0 Å². The van der Waals surface area contributed by atoms with Crippen molar-refractivity contribution in [3.05, 3.63) is 47.4 Å². The molecule has 2 unspecified atom stereocenters. The number of carbonyl (C=O) groups is 2. The second-order valence-electron chi connectivity index (χ2n) is 7.93. The number of furan rings is 1. The van der Waals surface area contributed by atoms with Gasteiger partial charge >= 0.3 is 6.18 Å². The fourth-order valence-electron chi connectivity index (χ4n) is 3.84. The number of thioether (sulfide) groups is 1. The number of halogens is 3. The molecule has 2 aliphatic rings. The second kappa shape index (κ2) is 9.78. The van der Waals surface area contributed by atoms with Gasteiger partial charge in [-0.25, -0.2) is 0 Å². The zero-order valence-corrected chi connectivity index (χ0v) is 18.7. The number of amides is 2. The van der Waals surface area contributed by atoms with Crippen LogP contribution >= 0.6 is 11.8 Å². The van der Waals surface area contributed by atoms with Crippen molar-refractivity contribution >= 4 is 29.3 Å². The molecule has 3 heterocycles. The molecule has 0 aliphatic carbocycles. The molecule has 4 rings (SSSR count). The highest BCUT2D eigenvalue weighted by atomic mass is 32.2. The van der Waals surface area contributed by atoms with E-state index in [0.717, 1.165) is 35.4 Å². The van der Waals surface area contributed by atoms with Gasteiger partial charge in [0.15, 0.2) is 0 Å². The van der Waals surface area contributed by atoms with E-state index in [9.17, 15) is 22.8 Å². The lowest BCUT2D eigenvalue weighted by Crippen LogP contribution is -2.44. The number of ether oxygens (including phenoxy) is 1. The van der Waals surface area contributed by atoms with E-state index >= 15 is 0 Å². The molecule has 2 aliphatic heterocycles. The second-order valence-corrected chi connectivity index (χ2v) is 9.17. The first-order valence-electron chi connectivity index (χ1n) is 10.5. The molecule has 2 atom stereocenters. The molecule has 178 valence electrons. The molecule has 33 heavy (non-hydrogen) atoms. The van der Waals surface area contributed by atoms with Crippen LogP contribution in [0, 0.1) is 6.92 Å². The number of hydrogen-bond acceptors (Lipinski definition) is 6. The van der Waals surface area contributed by atoms with Crippen LogP contribution in [0.4, 0.5) is 18.9 Å².